The average molecular weight is 349 g/mol. The second-order valence-corrected chi connectivity index (χ2v) is 6.43. The van der Waals surface area contributed by atoms with Crippen LogP contribution in [0, 0.1) is 5.82 Å². The third-order valence-corrected chi connectivity index (χ3v) is 3.99. The van der Waals surface area contributed by atoms with Crippen LogP contribution in [0.2, 0.25) is 0 Å². The number of hydrogen-bond acceptors (Lipinski definition) is 2. The van der Waals surface area contributed by atoms with Gasteiger partial charge in [0.05, 0.1) is 0 Å². The van der Waals surface area contributed by atoms with Gasteiger partial charge in [0.25, 0.3) is 5.91 Å². The molecule has 0 bridgehead atoms. The predicted molar refractivity (Wildman–Crippen MR) is 102 cm³/mol. The van der Waals surface area contributed by atoms with Gasteiger partial charge < -0.3 is 10.1 Å². The van der Waals surface area contributed by atoms with Crippen LogP contribution in [0.4, 0.5) is 10.1 Å². The first-order valence-electron chi connectivity index (χ1n) is 8.36. The van der Waals surface area contributed by atoms with Crippen molar-refractivity contribution in [1.82, 2.24) is 0 Å². The highest BCUT2D eigenvalue weighted by molar-refractivity contribution is 6.00. The van der Waals surface area contributed by atoms with Crippen molar-refractivity contribution in [3.05, 3.63) is 84.7 Å². The van der Waals surface area contributed by atoms with E-state index in [1.165, 1.54) is 24.3 Å². The van der Waals surface area contributed by atoms with Gasteiger partial charge in [0, 0.05) is 11.3 Å². The summed E-state index contributed by atoms with van der Waals surface area (Å²) in [5.41, 5.74) is 1.53. The number of halogens is 1. The first-order valence-corrected chi connectivity index (χ1v) is 8.36. The number of benzene rings is 3. The molecule has 132 valence electrons. The van der Waals surface area contributed by atoms with E-state index in [-0.39, 0.29) is 11.7 Å². The van der Waals surface area contributed by atoms with Crippen LogP contribution < -0.4 is 10.1 Å². The summed E-state index contributed by atoms with van der Waals surface area (Å²) in [6.07, 6.45) is 0. The van der Waals surface area contributed by atoms with Crippen LogP contribution in [0.5, 0.6) is 5.75 Å². The minimum absolute atomic E-state index is 0.287. The molecule has 0 saturated heterocycles. The van der Waals surface area contributed by atoms with E-state index in [4.69, 9.17) is 4.74 Å². The van der Waals surface area contributed by atoms with Crippen molar-refractivity contribution in [2.24, 2.45) is 0 Å². The Kier molecular flexibility index (Phi) is 5.03. The second-order valence-electron chi connectivity index (χ2n) is 6.43. The van der Waals surface area contributed by atoms with Crippen molar-refractivity contribution in [3.8, 4) is 16.9 Å². The molecule has 26 heavy (non-hydrogen) atoms. The summed E-state index contributed by atoms with van der Waals surface area (Å²) in [6, 6.07) is 23.1. The normalized spacial score (nSPS) is 11.0. The maximum atomic E-state index is 13.0. The van der Waals surface area contributed by atoms with E-state index in [2.05, 4.69) is 5.32 Å². The van der Waals surface area contributed by atoms with E-state index in [9.17, 15) is 9.18 Å². The summed E-state index contributed by atoms with van der Waals surface area (Å²) >= 11 is 0. The zero-order chi connectivity index (χ0) is 18.6. The molecule has 3 aromatic rings. The van der Waals surface area contributed by atoms with Gasteiger partial charge >= 0.3 is 0 Å². The molecule has 0 aromatic heterocycles. The molecule has 0 aliphatic rings. The lowest BCUT2D eigenvalue weighted by molar-refractivity contribution is -0.128. The largest absolute Gasteiger partial charge is 0.478 e. The summed E-state index contributed by atoms with van der Waals surface area (Å²) in [7, 11) is 0. The number of hydrogen-bond donors (Lipinski definition) is 1. The molecule has 0 aliphatic carbocycles. The predicted octanol–water partition coefficient (Wildman–Crippen LogP) is 5.29. The summed E-state index contributed by atoms with van der Waals surface area (Å²) in [4.78, 5) is 12.8. The molecule has 0 aliphatic heterocycles. The van der Waals surface area contributed by atoms with Crippen LogP contribution in [-0.4, -0.2) is 11.5 Å². The van der Waals surface area contributed by atoms with Gasteiger partial charge in [-0.3, -0.25) is 4.79 Å². The molecule has 3 rings (SSSR count). The van der Waals surface area contributed by atoms with E-state index in [0.29, 0.717) is 11.4 Å². The molecule has 0 saturated carbocycles. The first kappa shape index (κ1) is 17.7. The van der Waals surface area contributed by atoms with Gasteiger partial charge in [-0.25, -0.2) is 4.39 Å². The fraction of sp³-hybridized carbons (Fsp3) is 0.136. The number of rotatable bonds is 5. The van der Waals surface area contributed by atoms with Gasteiger partial charge in [-0.15, -0.1) is 0 Å². The molecular formula is C22H20FNO2. The van der Waals surface area contributed by atoms with E-state index in [0.717, 1.165) is 11.1 Å². The molecule has 0 unspecified atom stereocenters. The molecule has 4 heteroatoms. The van der Waals surface area contributed by atoms with Gasteiger partial charge in [-0.1, -0.05) is 48.5 Å². The minimum atomic E-state index is -1.12. The van der Waals surface area contributed by atoms with Crippen molar-refractivity contribution < 1.29 is 13.9 Å². The maximum Gasteiger partial charge on any atom is 0.267 e. The smallest absolute Gasteiger partial charge is 0.267 e. The maximum absolute atomic E-state index is 13.0. The second kappa shape index (κ2) is 7.40. The molecule has 0 radical (unpaired) electrons. The third kappa shape index (κ3) is 4.09. The molecule has 1 amide bonds. The van der Waals surface area contributed by atoms with Gasteiger partial charge in [-0.2, -0.15) is 0 Å². The van der Waals surface area contributed by atoms with Crippen molar-refractivity contribution in [2.75, 3.05) is 5.32 Å². The summed E-state index contributed by atoms with van der Waals surface area (Å²) in [5.74, 6) is -0.204. The number of ether oxygens (including phenoxy) is 1. The molecule has 0 fully saturated rings. The Morgan fingerprint density at radius 3 is 2.19 bits per heavy atom. The Labute approximate surface area is 152 Å². The Morgan fingerprint density at radius 1 is 0.885 bits per heavy atom. The quantitative estimate of drug-likeness (QED) is 0.680. The first-order chi connectivity index (χ1) is 12.5. The Hall–Kier alpha value is -3.14. The number of anilines is 1. The Morgan fingerprint density at radius 2 is 1.50 bits per heavy atom. The zero-order valence-electron chi connectivity index (χ0n) is 14.7. The third-order valence-electron chi connectivity index (χ3n) is 3.99. The lowest BCUT2D eigenvalue weighted by Crippen LogP contribution is -2.42. The molecule has 0 atom stereocenters. The van der Waals surface area contributed by atoms with Crippen LogP contribution in [0.15, 0.2) is 78.9 Å². The SMILES string of the molecule is CC(C)(Oc1ccc(F)cc1)C(=O)Nc1ccccc1-c1ccccc1. The van der Waals surface area contributed by atoms with Crippen LogP contribution in [-0.2, 0) is 4.79 Å². The highest BCUT2D eigenvalue weighted by atomic mass is 19.1. The van der Waals surface area contributed by atoms with Crippen LogP contribution in [0.1, 0.15) is 13.8 Å². The minimum Gasteiger partial charge on any atom is -0.478 e. The highest BCUT2D eigenvalue weighted by Gasteiger charge is 2.30. The van der Waals surface area contributed by atoms with Crippen LogP contribution in [0.3, 0.4) is 0 Å². The number of para-hydroxylation sites is 1. The van der Waals surface area contributed by atoms with Gasteiger partial charge in [0.15, 0.2) is 5.60 Å². The van der Waals surface area contributed by atoms with Gasteiger partial charge in [0.1, 0.15) is 11.6 Å². The fourth-order valence-corrected chi connectivity index (χ4v) is 2.58. The fourth-order valence-electron chi connectivity index (χ4n) is 2.58. The molecule has 0 heterocycles. The number of nitrogens with one attached hydrogen (secondary N) is 1. The van der Waals surface area contributed by atoms with E-state index in [1.807, 2.05) is 54.6 Å². The van der Waals surface area contributed by atoms with Gasteiger partial charge in [0.2, 0.25) is 0 Å². The Balaban J connectivity index is 1.80. The average Bonchev–Trinajstić information content (AvgIpc) is 2.64. The zero-order valence-corrected chi connectivity index (χ0v) is 14.7. The lowest BCUT2D eigenvalue weighted by atomic mass is 10.0. The van der Waals surface area contributed by atoms with E-state index < -0.39 is 5.60 Å². The molecule has 0 spiro atoms. The summed E-state index contributed by atoms with van der Waals surface area (Å²) in [5, 5.41) is 2.94. The van der Waals surface area contributed by atoms with Crippen molar-refractivity contribution >= 4 is 11.6 Å². The molecule has 3 aromatic carbocycles. The standard InChI is InChI=1S/C22H20FNO2/c1-22(2,26-18-14-12-17(23)13-15-18)21(25)24-20-11-7-6-10-19(20)16-8-4-3-5-9-16/h3-15H,1-2H3,(H,24,25). The van der Waals surface area contributed by atoms with Crippen molar-refractivity contribution in [1.29, 1.82) is 0 Å². The molecular weight excluding hydrogens is 329 g/mol. The highest BCUT2D eigenvalue weighted by Crippen LogP contribution is 2.29. The number of carbonyl (C=O) groups is 1. The topological polar surface area (TPSA) is 38.3 Å². The number of carbonyl (C=O) groups excluding carboxylic acids is 1. The monoisotopic (exact) mass is 349 g/mol. The molecule has 1 N–H and O–H groups in total. The van der Waals surface area contributed by atoms with Crippen LogP contribution >= 0.6 is 0 Å². The van der Waals surface area contributed by atoms with Crippen molar-refractivity contribution in [2.45, 2.75) is 19.4 Å². The van der Waals surface area contributed by atoms with E-state index in [1.54, 1.807) is 13.8 Å². The van der Waals surface area contributed by atoms with E-state index >= 15 is 0 Å². The molecule has 3 nitrogen and oxygen atoms in total. The van der Waals surface area contributed by atoms with Crippen LogP contribution in [0.25, 0.3) is 11.1 Å². The number of amides is 1. The van der Waals surface area contributed by atoms with Crippen molar-refractivity contribution in [3.63, 3.8) is 0 Å². The summed E-state index contributed by atoms with van der Waals surface area (Å²) in [6.45, 7) is 3.35. The lowest BCUT2D eigenvalue weighted by Gasteiger charge is -2.26. The van der Waals surface area contributed by atoms with Gasteiger partial charge in [-0.05, 0) is 49.7 Å². The summed E-state index contributed by atoms with van der Waals surface area (Å²) < 4.78 is 18.8. The Bertz CT molecular complexity index is 890.